The molecule has 6 nitrogen and oxygen atoms in total. The molecule has 3 rings (SSSR count). The molecule has 2 heterocycles. The van der Waals surface area contributed by atoms with Crippen LogP contribution in [-0.2, 0) is 17.5 Å². The van der Waals surface area contributed by atoms with Gasteiger partial charge in [0.2, 0.25) is 5.91 Å². The smallest absolute Gasteiger partial charge is 0.368 e. The van der Waals surface area contributed by atoms with E-state index in [-0.39, 0.29) is 17.7 Å². The van der Waals surface area contributed by atoms with E-state index in [1.54, 1.807) is 0 Å². The van der Waals surface area contributed by atoms with Crippen molar-refractivity contribution < 1.29 is 18.0 Å². The van der Waals surface area contributed by atoms with Gasteiger partial charge in [-0.2, -0.15) is 13.2 Å². The van der Waals surface area contributed by atoms with Crippen molar-refractivity contribution in [3.8, 4) is 11.1 Å². The van der Waals surface area contributed by atoms with Gasteiger partial charge in [-0.25, -0.2) is 9.78 Å². The molecule has 3 aromatic rings. The van der Waals surface area contributed by atoms with E-state index < -0.39 is 23.3 Å². The summed E-state index contributed by atoms with van der Waals surface area (Å²) in [6.45, 7) is -0.355. The number of aromatic amines is 1. The normalized spacial score (nSPS) is 11.8. The average Bonchev–Trinajstić information content (AvgIpc) is 2.81. The van der Waals surface area contributed by atoms with Gasteiger partial charge in [0.05, 0.1) is 11.1 Å². The fourth-order valence-corrected chi connectivity index (χ4v) is 2.38. The number of nitrogens with one attached hydrogen (secondary N) is 1. The number of alkyl halides is 3. The van der Waals surface area contributed by atoms with Crippen molar-refractivity contribution in [1.29, 1.82) is 0 Å². The van der Waals surface area contributed by atoms with Crippen molar-refractivity contribution >= 4 is 17.1 Å². The zero-order chi connectivity index (χ0) is 17.5. The number of nitrogens with zero attached hydrogens (tertiary/aromatic N) is 2. The molecule has 0 saturated heterocycles. The summed E-state index contributed by atoms with van der Waals surface area (Å²) in [5, 5.41) is 0. The van der Waals surface area contributed by atoms with Crippen LogP contribution in [0.1, 0.15) is 5.56 Å². The molecule has 24 heavy (non-hydrogen) atoms. The number of nitrogens with two attached hydrogens (primary N) is 1. The number of rotatable bonds is 3. The van der Waals surface area contributed by atoms with Gasteiger partial charge in [0.25, 0.3) is 0 Å². The third-order valence-electron chi connectivity index (χ3n) is 3.47. The van der Waals surface area contributed by atoms with E-state index >= 15 is 0 Å². The maximum atomic E-state index is 12.8. The van der Waals surface area contributed by atoms with E-state index in [4.69, 9.17) is 5.73 Å². The summed E-state index contributed by atoms with van der Waals surface area (Å²) in [6.07, 6.45) is -3.11. The summed E-state index contributed by atoms with van der Waals surface area (Å²) in [5.74, 6) is -0.720. The van der Waals surface area contributed by atoms with Crippen LogP contribution in [0, 0.1) is 0 Å². The SMILES string of the molecule is NC(=O)Cn1c(=O)[nH]c2ncc(-c3cccc(C(F)(F)F)c3)cc21. The molecule has 3 N–H and O–H groups in total. The highest BCUT2D eigenvalue weighted by Gasteiger charge is 2.30. The van der Waals surface area contributed by atoms with E-state index in [1.165, 1.54) is 24.4 Å². The molecule has 0 aliphatic rings. The summed E-state index contributed by atoms with van der Waals surface area (Å²) in [6, 6.07) is 6.23. The predicted molar refractivity (Wildman–Crippen MR) is 80.0 cm³/mol. The Morgan fingerprint density at radius 1 is 1.25 bits per heavy atom. The summed E-state index contributed by atoms with van der Waals surface area (Å²) in [5.41, 5.74) is 4.92. The number of hydrogen-bond acceptors (Lipinski definition) is 3. The van der Waals surface area contributed by atoms with Crippen molar-refractivity contribution in [3.63, 3.8) is 0 Å². The van der Waals surface area contributed by atoms with Gasteiger partial charge in [0.1, 0.15) is 6.54 Å². The number of fused-ring (bicyclic) bond motifs is 1. The van der Waals surface area contributed by atoms with Crippen LogP contribution in [0.5, 0.6) is 0 Å². The lowest BCUT2D eigenvalue weighted by molar-refractivity contribution is -0.137. The van der Waals surface area contributed by atoms with Gasteiger partial charge in [0.15, 0.2) is 5.65 Å². The van der Waals surface area contributed by atoms with Gasteiger partial charge in [-0.3, -0.25) is 14.3 Å². The van der Waals surface area contributed by atoms with Gasteiger partial charge >= 0.3 is 11.9 Å². The van der Waals surface area contributed by atoms with Crippen LogP contribution in [0.4, 0.5) is 13.2 Å². The first-order valence-corrected chi connectivity index (χ1v) is 6.80. The minimum atomic E-state index is -4.46. The standard InChI is InChI=1S/C15H11F3N4O2/c16-15(17,18)10-3-1-2-8(4-10)9-5-11-13(20-6-9)21-14(24)22(11)7-12(19)23/h1-6H,7H2,(H2,19,23)(H,20,21,24). The van der Waals surface area contributed by atoms with E-state index in [9.17, 15) is 22.8 Å². The Morgan fingerprint density at radius 2 is 2.00 bits per heavy atom. The molecule has 0 radical (unpaired) electrons. The lowest BCUT2D eigenvalue weighted by atomic mass is 10.0. The average molecular weight is 336 g/mol. The third kappa shape index (κ3) is 2.87. The lowest BCUT2D eigenvalue weighted by Gasteiger charge is -2.09. The first kappa shape index (κ1) is 15.8. The van der Waals surface area contributed by atoms with E-state index in [2.05, 4.69) is 9.97 Å². The van der Waals surface area contributed by atoms with Crippen molar-refractivity contribution in [2.75, 3.05) is 0 Å². The number of hydrogen-bond donors (Lipinski definition) is 2. The highest BCUT2D eigenvalue weighted by Crippen LogP contribution is 2.32. The molecule has 0 unspecified atom stereocenters. The molecule has 0 bridgehead atoms. The largest absolute Gasteiger partial charge is 0.416 e. The van der Waals surface area contributed by atoms with Gasteiger partial charge in [-0.1, -0.05) is 12.1 Å². The first-order valence-electron chi connectivity index (χ1n) is 6.80. The highest BCUT2D eigenvalue weighted by atomic mass is 19.4. The number of carbonyl (C=O) groups is 1. The zero-order valence-electron chi connectivity index (χ0n) is 12.1. The van der Waals surface area contributed by atoms with Gasteiger partial charge in [0, 0.05) is 11.8 Å². The Labute approximate surface area is 132 Å². The zero-order valence-corrected chi connectivity index (χ0v) is 12.1. The Morgan fingerprint density at radius 3 is 2.67 bits per heavy atom. The minimum absolute atomic E-state index is 0.219. The molecule has 0 spiro atoms. The molecular formula is C15H11F3N4O2. The van der Waals surface area contributed by atoms with Gasteiger partial charge in [-0.15, -0.1) is 0 Å². The predicted octanol–water partition coefficient (Wildman–Crippen LogP) is 1.90. The maximum Gasteiger partial charge on any atom is 0.416 e. The van der Waals surface area contributed by atoms with Crippen molar-refractivity contribution in [2.45, 2.75) is 12.7 Å². The van der Waals surface area contributed by atoms with Crippen LogP contribution < -0.4 is 11.4 Å². The van der Waals surface area contributed by atoms with Crippen LogP contribution in [0.25, 0.3) is 22.3 Å². The van der Waals surface area contributed by atoms with Crippen LogP contribution >= 0.6 is 0 Å². The van der Waals surface area contributed by atoms with Crippen LogP contribution in [0.2, 0.25) is 0 Å². The number of imidazole rings is 1. The Kier molecular flexibility index (Phi) is 3.63. The molecule has 0 saturated carbocycles. The number of primary amides is 1. The molecule has 0 aliphatic heterocycles. The minimum Gasteiger partial charge on any atom is -0.368 e. The summed E-state index contributed by atoms with van der Waals surface area (Å²) in [4.78, 5) is 29.4. The molecule has 0 fully saturated rings. The number of halogens is 3. The number of amides is 1. The van der Waals surface area contributed by atoms with Crippen LogP contribution in [0.15, 0.2) is 41.3 Å². The molecule has 9 heteroatoms. The highest BCUT2D eigenvalue weighted by molar-refractivity contribution is 5.81. The van der Waals surface area contributed by atoms with Crippen molar-refractivity contribution in [1.82, 2.24) is 14.5 Å². The number of H-pyrrole nitrogens is 1. The molecule has 1 amide bonds. The van der Waals surface area contributed by atoms with Crippen molar-refractivity contribution in [2.24, 2.45) is 5.73 Å². The van der Waals surface area contributed by atoms with Crippen LogP contribution in [0.3, 0.4) is 0 Å². The van der Waals surface area contributed by atoms with E-state index in [1.807, 2.05) is 0 Å². The molecule has 124 valence electrons. The van der Waals surface area contributed by atoms with E-state index in [0.717, 1.165) is 16.7 Å². The molecule has 2 aromatic heterocycles. The Balaban J connectivity index is 2.14. The number of aromatic nitrogens is 3. The maximum absolute atomic E-state index is 12.8. The second kappa shape index (κ2) is 5.52. The van der Waals surface area contributed by atoms with Crippen LogP contribution in [-0.4, -0.2) is 20.4 Å². The van der Waals surface area contributed by atoms with Gasteiger partial charge in [-0.05, 0) is 23.8 Å². The number of carbonyl (C=O) groups excluding carboxylic acids is 1. The summed E-state index contributed by atoms with van der Waals surface area (Å²) >= 11 is 0. The topological polar surface area (TPSA) is 93.8 Å². The quantitative estimate of drug-likeness (QED) is 0.765. The molecule has 0 aliphatic carbocycles. The lowest BCUT2D eigenvalue weighted by Crippen LogP contribution is -2.26. The molecular weight excluding hydrogens is 325 g/mol. The van der Waals surface area contributed by atoms with Gasteiger partial charge < -0.3 is 5.73 Å². The summed E-state index contributed by atoms with van der Waals surface area (Å²) in [7, 11) is 0. The second-order valence-corrected chi connectivity index (χ2v) is 5.15. The number of benzene rings is 1. The molecule has 1 aromatic carbocycles. The monoisotopic (exact) mass is 336 g/mol. The third-order valence-corrected chi connectivity index (χ3v) is 3.47. The number of pyridine rings is 1. The molecule has 0 atom stereocenters. The summed E-state index contributed by atoms with van der Waals surface area (Å²) < 4.78 is 39.6. The fourth-order valence-electron chi connectivity index (χ4n) is 2.38. The Hall–Kier alpha value is -3.10. The van der Waals surface area contributed by atoms with Crippen molar-refractivity contribution in [3.05, 3.63) is 52.6 Å². The first-order chi connectivity index (χ1) is 11.3. The van der Waals surface area contributed by atoms with E-state index in [0.29, 0.717) is 11.1 Å². The fraction of sp³-hybridized carbons (Fsp3) is 0.133. The second-order valence-electron chi connectivity index (χ2n) is 5.15. The Bertz CT molecular complexity index is 988.